The van der Waals surface area contributed by atoms with Crippen molar-refractivity contribution in [2.24, 2.45) is 0 Å². The highest BCUT2D eigenvalue weighted by atomic mass is 127. The molecular weight excluding hydrogens is 251 g/mol. The van der Waals surface area contributed by atoms with E-state index in [-0.39, 0.29) is 0 Å². The largest absolute Gasteiger partial charge is 0.321 e. The van der Waals surface area contributed by atoms with Crippen LogP contribution in [-0.2, 0) is 0 Å². The first kappa shape index (κ1) is 7.56. The molecule has 1 saturated carbocycles. The smallest absolute Gasteiger partial charge is 0.200 e. The monoisotopic (exact) mass is 254 g/mol. The van der Waals surface area contributed by atoms with E-state index in [4.69, 9.17) is 0 Å². The van der Waals surface area contributed by atoms with E-state index >= 15 is 0 Å². The van der Waals surface area contributed by atoms with Crippen LogP contribution < -0.4 is 0 Å². The van der Waals surface area contributed by atoms with Crippen LogP contribution in [-0.4, -0.2) is 15.8 Å². The van der Waals surface area contributed by atoms with Crippen molar-refractivity contribution in [2.75, 3.05) is 0 Å². The lowest BCUT2D eigenvalue weighted by atomic mass is 9.89. The molecule has 1 fully saturated rings. The second-order valence-electron chi connectivity index (χ2n) is 2.00. The summed E-state index contributed by atoms with van der Waals surface area (Å²) in [6.07, 6.45) is -0.694. The molecule has 0 amide bonds. The minimum absolute atomic E-state index is 0.694. The van der Waals surface area contributed by atoms with Crippen molar-refractivity contribution in [3.63, 3.8) is 0 Å². The summed E-state index contributed by atoms with van der Waals surface area (Å²) in [5, 5.41) is 0. The second-order valence-corrected chi connectivity index (χ2v) is 3.50. The summed E-state index contributed by atoms with van der Waals surface area (Å²) in [5.74, 6) is -7.52. The Kier molecular flexibility index (Phi) is 1.46. The summed E-state index contributed by atoms with van der Waals surface area (Å²) in [7, 11) is 0. The molecule has 54 valence electrons. The highest BCUT2D eigenvalue weighted by Crippen LogP contribution is 2.54. The van der Waals surface area contributed by atoms with Gasteiger partial charge in [0.2, 0.25) is 0 Å². The van der Waals surface area contributed by atoms with Gasteiger partial charge in [-0.15, -0.1) is 0 Å². The molecule has 0 aromatic carbocycles. The van der Waals surface area contributed by atoms with E-state index in [1.165, 1.54) is 22.6 Å². The average molecular weight is 254 g/mol. The first-order valence-electron chi connectivity index (χ1n) is 2.27. The zero-order valence-corrected chi connectivity index (χ0v) is 6.33. The van der Waals surface area contributed by atoms with Gasteiger partial charge in [0, 0.05) is 6.42 Å². The molecule has 0 aromatic heterocycles. The Morgan fingerprint density at radius 3 is 1.67 bits per heavy atom. The Hall–Kier alpha value is 0.450. The molecule has 0 saturated heterocycles. The van der Waals surface area contributed by atoms with E-state index in [0.717, 1.165) is 0 Å². The fourth-order valence-corrected chi connectivity index (χ4v) is 1.60. The van der Waals surface area contributed by atoms with Crippen molar-refractivity contribution in [2.45, 2.75) is 22.2 Å². The maximum atomic E-state index is 12.0. The molecule has 0 bridgehead atoms. The molecule has 1 aliphatic carbocycles. The summed E-state index contributed by atoms with van der Waals surface area (Å²) >= 11 is 1.33. The van der Waals surface area contributed by atoms with Crippen LogP contribution >= 0.6 is 22.6 Å². The predicted octanol–water partition coefficient (Wildman–Crippen LogP) is 2.46. The van der Waals surface area contributed by atoms with Gasteiger partial charge in [-0.25, -0.2) is 0 Å². The first-order valence-corrected chi connectivity index (χ1v) is 3.52. The summed E-state index contributed by atoms with van der Waals surface area (Å²) in [5.41, 5.74) is 0. The van der Waals surface area contributed by atoms with Gasteiger partial charge in [0.05, 0.1) is 3.92 Å². The van der Waals surface area contributed by atoms with Crippen LogP contribution in [0.1, 0.15) is 6.42 Å². The van der Waals surface area contributed by atoms with Gasteiger partial charge in [0.15, 0.2) is 0 Å². The lowest BCUT2D eigenvalue weighted by Crippen LogP contribution is -2.59. The summed E-state index contributed by atoms with van der Waals surface area (Å²) < 4.78 is 46.3. The molecule has 0 radical (unpaired) electrons. The fourth-order valence-electron chi connectivity index (χ4n) is 0.587. The van der Waals surface area contributed by atoms with Crippen molar-refractivity contribution >= 4 is 22.6 Å². The van der Waals surface area contributed by atoms with E-state index in [9.17, 15) is 17.6 Å². The van der Waals surface area contributed by atoms with E-state index in [2.05, 4.69) is 0 Å². The van der Waals surface area contributed by atoms with Gasteiger partial charge in [-0.1, -0.05) is 22.6 Å². The maximum absolute atomic E-state index is 12.0. The second kappa shape index (κ2) is 1.73. The van der Waals surface area contributed by atoms with Crippen LogP contribution in [0.3, 0.4) is 0 Å². The SMILES string of the molecule is FC1(F)CC(I)C1(F)F. The van der Waals surface area contributed by atoms with Crippen LogP contribution in [0, 0.1) is 0 Å². The molecule has 0 aliphatic heterocycles. The summed E-state index contributed by atoms with van der Waals surface area (Å²) in [4.78, 5) is 0. The van der Waals surface area contributed by atoms with Crippen LogP contribution in [0.15, 0.2) is 0 Å². The third kappa shape index (κ3) is 0.841. The standard InChI is InChI=1S/C4H3F4I/c5-3(6)1-2(9)4(3,7)8/h2H,1H2. The average Bonchev–Trinajstić information content (AvgIpc) is 1.65. The van der Waals surface area contributed by atoms with Gasteiger partial charge in [0.25, 0.3) is 0 Å². The number of halogens is 5. The molecule has 1 unspecified atom stereocenters. The minimum Gasteiger partial charge on any atom is -0.200 e. The normalized spacial score (nSPS) is 37.7. The zero-order chi connectivity index (χ0) is 7.28. The molecule has 1 atom stereocenters. The van der Waals surface area contributed by atoms with Crippen molar-refractivity contribution in [3.8, 4) is 0 Å². The van der Waals surface area contributed by atoms with Gasteiger partial charge in [0.1, 0.15) is 0 Å². The fraction of sp³-hybridized carbons (Fsp3) is 1.00. The number of hydrogen-bond acceptors (Lipinski definition) is 0. The topological polar surface area (TPSA) is 0 Å². The minimum atomic E-state index is -3.77. The maximum Gasteiger partial charge on any atom is 0.321 e. The number of hydrogen-bond donors (Lipinski definition) is 0. The van der Waals surface area contributed by atoms with Crippen LogP contribution in [0.5, 0.6) is 0 Å². The first-order chi connectivity index (χ1) is 3.88. The molecule has 0 aromatic rings. The van der Waals surface area contributed by atoms with E-state index in [0.29, 0.717) is 0 Å². The van der Waals surface area contributed by atoms with E-state index in [1.54, 1.807) is 0 Å². The third-order valence-corrected chi connectivity index (χ3v) is 2.54. The molecule has 0 nitrogen and oxygen atoms in total. The van der Waals surface area contributed by atoms with Crippen molar-refractivity contribution in [3.05, 3.63) is 0 Å². The zero-order valence-electron chi connectivity index (χ0n) is 4.17. The molecule has 9 heavy (non-hydrogen) atoms. The van der Waals surface area contributed by atoms with Gasteiger partial charge in [-0.3, -0.25) is 0 Å². The van der Waals surface area contributed by atoms with Gasteiger partial charge < -0.3 is 0 Å². The molecular formula is C4H3F4I. The molecule has 0 spiro atoms. The van der Waals surface area contributed by atoms with Gasteiger partial charge >= 0.3 is 11.8 Å². The van der Waals surface area contributed by atoms with Crippen molar-refractivity contribution in [1.82, 2.24) is 0 Å². The third-order valence-electron chi connectivity index (χ3n) is 1.32. The molecule has 5 heteroatoms. The Morgan fingerprint density at radius 2 is 1.67 bits per heavy atom. The Bertz CT molecular complexity index is 133. The lowest BCUT2D eigenvalue weighted by molar-refractivity contribution is -0.265. The van der Waals surface area contributed by atoms with Crippen molar-refractivity contribution in [1.29, 1.82) is 0 Å². The Balaban J connectivity index is 2.70. The van der Waals surface area contributed by atoms with Gasteiger partial charge in [-0.05, 0) is 0 Å². The highest BCUT2D eigenvalue weighted by Gasteiger charge is 2.70. The molecule has 0 heterocycles. The van der Waals surface area contributed by atoms with Crippen LogP contribution in [0.4, 0.5) is 17.6 Å². The van der Waals surface area contributed by atoms with Gasteiger partial charge in [-0.2, -0.15) is 17.6 Å². The predicted molar refractivity (Wildman–Crippen MR) is 32.3 cm³/mol. The van der Waals surface area contributed by atoms with Crippen LogP contribution in [0.25, 0.3) is 0 Å². The lowest BCUT2D eigenvalue weighted by Gasteiger charge is -2.40. The molecule has 1 rings (SSSR count). The van der Waals surface area contributed by atoms with Crippen LogP contribution in [0.2, 0.25) is 0 Å². The highest BCUT2D eigenvalue weighted by molar-refractivity contribution is 14.1. The van der Waals surface area contributed by atoms with E-state index in [1.807, 2.05) is 0 Å². The quantitative estimate of drug-likeness (QED) is 0.354. The summed E-state index contributed by atoms with van der Waals surface area (Å²) in [6.45, 7) is 0. The molecule has 0 N–H and O–H groups in total. The van der Waals surface area contributed by atoms with Crippen molar-refractivity contribution < 1.29 is 17.6 Å². The Labute approximate surface area is 62.8 Å². The van der Waals surface area contributed by atoms with E-state index < -0.39 is 22.2 Å². The summed E-state index contributed by atoms with van der Waals surface area (Å²) in [6, 6.07) is 0. The Morgan fingerprint density at radius 1 is 1.22 bits per heavy atom. The number of rotatable bonds is 0. The number of alkyl halides is 5. The molecule has 1 aliphatic rings.